The molecule has 6 rings (SSSR count). The number of benzene rings is 2. The van der Waals surface area contributed by atoms with E-state index >= 15 is 0 Å². The molecule has 2 aromatic rings. The number of rotatable bonds is 22. The maximum atomic E-state index is 13.7. The normalized spacial score (nSPS) is 21.8. The van der Waals surface area contributed by atoms with Crippen LogP contribution in [0.1, 0.15) is 110 Å². The molecule has 0 spiro atoms. The molecule has 0 bridgehead atoms. The van der Waals surface area contributed by atoms with E-state index in [2.05, 4.69) is 21.3 Å². The molecule has 2 fully saturated rings. The molecule has 0 unspecified atom stereocenters. The van der Waals surface area contributed by atoms with Crippen molar-refractivity contribution in [2.75, 3.05) is 57.7 Å². The van der Waals surface area contributed by atoms with Crippen LogP contribution in [0.5, 0.6) is 0 Å². The van der Waals surface area contributed by atoms with Gasteiger partial charge >= 0.3 is 24.2 Å². The standard InChI is InChI=1S/C60H81N9O15S/c1-39(2)54(65-50(71)16-7-6-8-30-69-51(72)25-26-52(69)73)57(76)64-48(15-12-27-62-58(61)77)56(75)63-45-21-19-43(20-22-45)38-82-59(78)66-31-33-67(34-32-66)60(79)83-49-24-18-41(4)55(84-53(74)37-46(70)23-17-40(49)3)42(5)35-44-13-11-14-47(36-44)85(80,81)68-28-9-10-29-68/h11,13-15,18-22,24-26,35-36,39-41,46,49,54-55,70H,6-10,12,16-17,23,27-34,37-38H2,1-5H3,(H,63,75)(H,64,76)(H,65,71)(H3,61,62,77)/b24-18+,42-35+,48-15+/t40-,41-,46+,49-,54-,55-/m0/s1. The van der Waals surface area contributed by atoms with Crippen molar-refractivity contribution < 1.29 is 70.9 Å². The lowest BCUT2D eigenvalue weighted by molar-refractivity contribution is -0.151. The Morgan fingerprint density at radius 2 is 1.53 bits per heavy atom. The summed E-state index contributed by atoms with van der Waals surface area (Å²) in [6.45, 7) is 10.8. The maximum Gasteiger partial charge on any atom is 0.410 e. The van der Waals surface area contributed by atoms with Crippen LogP contribution in [0.4, 0.5) is 20.1 Å². The van der Waals surface area contributed by atoms with Crippen molar-refractivity contribution in [2.24, 2.45) is 23.5 Å². The Labute approximate surface area is 496 Å². The van der Waals surface area contributed by atoms with Crippen LogP contribution in [0.3, 0.4) is 0 Å². The molecule has 9 amide bonds. The third kappa shape index (κ3) is 20.1. The van der Waals surface area contributed by atoms with Crippen LogP contribution in [0, 0.1) is 17.8 Å². The minimum atomic E-state index is -3.67. The molecular weight excluding hydrogens is 1120 g/mol. The highest BCUT2D eigenvalue weighted by Crippen LogP contribution is 2.28. The summed E-state index contributed by atoms with van der Waals surface area (Å²) in [7, 11) is -3.67. The van der Waals surface area contributed by atoms with Gasteiger partial charge in [0.05, 0.1) is 17.4 Å². The molecule has 4 aliphatic rings. The van der Waals surface area contributed by atoms with Gasteiger partial charge in [-0.3, -0.25) is 33.7 Å². The average Bonchev–Trinajstić information content (AvgIpc) is 4.27. The molecule has 2 saturated heterocycles. The largest absolute Gasteiger partial charge is 0.457 e. The molecule has 0 radical (unpaired) electrons. The molecule has 6 atom stereocenters. The predicted molar refractivity (Wildman–Crippen MR) is 313 cm³/mol. The van der Waals surface area contributed by atoms with Gasteiger partial charge in [0, 0.05) is 82.5 Å². The Morgan fingerprint density at radius 3 is 2.19 bits per heavy atom. The number of aliphatic hydroxyl groups is 1. The molecule has 24 nitrogen and oxygen atoms in total. The highest BCUT2D eigenvalue weighted by Gasteiger charge is 2.33. The van der Waals surface area contributed by atoms with Gasteiger partial charge in [0.25, 0.3) is 17.7 Å². The van der Waals surface area contributed by atoms with Gasteiger partial charge in [0.15, 0.2) is 0 Å². The smallest absolute Gasteiger partial charge is 0.410 e. The third-order valence-corrected chi connectivity index (χ3v) is 16.9. The van der Waals surface area contributed by atoms with Crippen LogP contribution in [0.2, 0.25) is 0 Å². The summed E-state index contributed by atoms with van der Waals surface area (Å²) >= 11 is 0. The van der Waals surface area contributed by atoms with Crippen LogP contribution in [0.25, 0.3) is 6.08 Å². The van der Waals surface area contributed by atoms with Gasteiger partial charge in [0.2, 0.25) is 21.8 Å². The van der Waals surface area contributed by atoms with Crippen molar-refractivity contribution in [3.63, 3.8) is 0 Å². The van der Waals surface area contributed by atoms with Gasteiger partial charge in [-0.1, -0.05) is 76.6 Å². The number of anilines is 1. The van der Waals surface area contributed by atoms with E-state index in [-0.39, 0.29) is 106 Å². The maximum absolute atomic E-state index is 13.7. The number of imide groups is 1. The average molecular weight is 1200 g/mol. The van der Waals surface area contributed by atoms with Crippen LogP contribution < -0.4 is 27.0 Å². The second-order valence-electron chi connectivity index (χ2n) is 22.1. The summed E-state index contributed by atoms with van der Waals surface area (Å²) in [4.78, 5) is 119. The first-order valence-corrected chi connectivity index (χ1v) is 30.4. The first kappa shape index (κ1) is 66.2. The Kier molecular flexibility index (Phi) is 24.8. The fraction of sp³-hybridized carbons (Fsp3) is 0.517. The van der Waals surface area contributed by atoms with Crippen molar-refractivity contribution in [3.05, 3.63) is 101 Å². The monoisotopic (exact) mass is 1200 g/mol. The zero-order chi connectivity index (χ0) is 61.8. The number of nitrogens with zero attached hydrogens (tertiary/aromatic N) is 4. The fourth-order valence-corrected chi connectivity index (χ4v) is 11.6. The van der Waals surface area contributed by atoms with Gasteiger partial charge in [-0.05, 0) is 111 Å². The number of amides is 9. The number of esters is 1. The number of nitrogens with one attached hydrogen (secondary N) is 4. The Hall–Kier alpha value is -7.90. The van der Waals surface area contributed by atoms with Gasteiger partial charge in [-0.15, -0.1) is 0 Å². The van der Waals surface area contributed by atoms with E-state index in [0.29, 0.717) is 61.2 Å². The van der Waals surface area contributed by atoms with E-state index in [9.17, 15) is 56.7 Å². The number of piperazine rings is 1. The number of hydrogen-bond acceptors (Lipinski definition) is 15. The highest BCUT2D eigenvalue weighted by molar-refractivity contribution is 7.89. The van der Waals surface area contributed by atoms with E-state index < -0.39 is 82.2 Å². The number of cyclic esters (lactones) is 1. The second kappa shape index (κ2) is 31.8. The number of nitrogens with two attached hydrogens (primary N) is 1. The number of unbranched alkanes of at least 4 members (excludes halogenated alkanes) is 2. The van der Waals surface area contributed by atoms with Gasteiger partial charge in [-0.2, -0.15) is 4.31 Å². The highest BCUT2D eigenvalue weighted by atomic mass is 32.2. The number of ether oxygens (including phenoxy) is 3. The molecule has 4 heterocycles. The van der Waals surface area contributed by atoms with E-state index in [1.54, 1.807) is 81.5 Å². The number of carbonyl (C=O) groups excluding carboxylic acids is 9. The predicted octanol–water partition coefficient (Wildman–Crippen LogP) is 5.24. The zero-order valence-electron chi connectivity index (χ0n) is 49.0. The summed E-state index contributed by atoms with van der Waals surface area (Å²) in [5.74, 6) is -4.15. The molecule has 462 valence electrons. The summed E-state index contributed by atoms with van der Waals surface area (Å²) in [5.41, 5.74) is 7.22. The Bertz CT molecular complexity index is 2950. The van der Waals surface area contributed by atoms with E-state index in [0.717, 1.165) is 17.7 Å². The van der Waals surface area contributed by atoms with Crippen molar-refractivity contribution in [3.8, 4) is 0 Å². The quantitative estimate of drug-likeness (QED) is 0.0219. The molecule has 0 aliphatic carbocycles. The minimum absolute atomic E-state index is 0.0593. The SMILES string of the molecule is C/C(=C\c1cccc(S(=O)(=O)N2CCCC2)c1)[C@H]1OC(=O)C[C@H](O)CC[C@H](C)[C@@H](OC(=O)N2CCN(C(=O)OCc3ccc(NC(=O)/C(=C\CCNC(N)=O)NC(=O)[C@@H](NC(=O)CCCCCN4C(=O)C=CC4=O)C(C)C)cc3)CC2)/C=C/[C@@H]1C. The lowest BCUT2D eigenvalue weighted by atomic mass is 9.91. The molecule has 2 aromatic carbocycles. The van der Waals surface area contributed by atoms with Gasteiger partial charge in [0.1, 0.15) is 30.6 Å². The minimum Gasteiger partial charge on any atom is -0.457 e. The van der Waals surface area contributed by atoms with Gasteiger partial charge in [-0.25, -0.2) is 22.8 Å². The second-order valence-corrected chi connectivity index (χ2v) is 24.1. The zero-order valence-corrected chi connectivity index (χ0v) is 49.8. The number of carbonyl (C=O) groups is 9. The van der Waals surface area contributed by atoms with Crippen molar-refractivity contribution in [2.45, 2.75) is 135 Å². The molecule has 0 saturated carbocycles. The number of aliphatic hydroxyl groups excluding tert-OH is 1. The Morgan fingerprint density at radius 1 is 0.859 bits per heavy atom. The van der Waals surface area contributed by atoms with E-state index in [4.69, 9.17) is 19.9 Å². The molecule has 4 aliphatic heterocycles. The Balaban J connectivity index is 0.984. The van der Waals surface area contributed by atoms with Crippen LogP contribution in [0.15, 0.2) is 95.1 Å². The molecular formula is C60H81N9O15S. The van der Waals surface area contributed by atoms with Crippen molar-refractivity contribution in [1.82, 2.24) is 35.0 Å². The molecule has 0 aromatic heterocycles. The summed E-state index contributed by atoms with van der Waals surface area (Å²) in [6, 6.07) is 11.3. The summed E-state index contributed by atoms with van der Waals surface area (Å²) in [6.07, 6.45) is 9.25. The van der Waals surface area contributed by atoms with Crippen molar-refractivity contribution in [1.29, 1.82) is 0 Å². The fourth-order valence-electron chi connectivity index (χ4n) is 10.0. The number of hydrogen-bond donors (Lipinski definition) is 6. The lowest BCUT2D eigenvalue weighted by Gasteiger charge is -2.35. The van der Waals surface area contributed by atoms with Crippen LogP contribution >= 0.6 is 0 Å². The first-order valence-electron chi connectivity index (χ1n) is 29.0. The number of sulfonamides is 1. The topological polar surface area (TPSA) is 323 Å². The summed E-state index contributed by atoms with van der Waals surface area (Å²) < 4.78 is 45.8. The lowest BCUT2D eigenvalue weighted by Crippen LogP contribution is -2.51. The third-order valence-electron chi connectivity index (χ3n) is 15.0. The van der Waals surface area contributed by atoms with Crippen LogP contribution in [-0.4, -0.2) is 163 Å². The van der Waals surface area contributed by atoms with E-state index in [1.807, 2.05) is 19.9 Å². The molecule has 85 heavy (non-hydrogen) atoms. The number of primary amides is 1. The molecule has 25 heteroatoms. The number of urea groups is 1. The van der Waals surface area contributed by atoms with Gasteiger partial charge < -0.3 is 56.1 Å². The van der Waals surface area contributed by atoms with Crippen LogP contribution in [-0.2, 0) is 59.6 Å². The van der Waals surface area contributed by atoms with Crippen molar-refractivity contribution >= 4 is 75.5 Å². The first-order chi connectivity index (χ1) is 40.5. The molecule has 7 N–H and O–H groups in total. The summed E-state index contributed by atoms with van der Waals surface area (Å²) in [5, 5.41) is 21.3. The van der Waals surface area contributed by atoms with E-state index in [1.165, 1.54) is 32.3 Å².